The van der Waals surface area contributed by atoms with E-state index >= 15 is 0 Å². The van der Waals surface area contributed by atoms with E-state index in [4.69, 9.17) is 13.6 Å². The molecular weight excluding hydrogens is 749 g/mol. The fraction of sp³-hybridized carbons (Fsp3) is 0.0179. The minimum absolute atomic E-state index is 0.566. The van der Waals surface area contributed by atoms with Gasteiger partial charge in [-0.15, -0.1) is 0 Å². The van der Waals surface area contributed by atoms with Crippen molar-refractivity contribution >= 4 is 50.1 Å². The molecule has 1 aliphatic heterocycles. The maximum absolute atomic E-state index is 7.03. The fourth-order valence-electron chi connectivity index (χ4n) is 10.0. The van der Waals surface area contributed by atoms with Crippen LogP contribution in [0.2, 0.25) is 0 Å². The highest BCUT2D eigenvalue weighted by molar-refractivity contribution is 6.12. The Morgan fingerprint density at radius 2 is 1.08 bits per heavy atom. The van der Waals surface area contributed by atoms with Crippen molar-refractivity contribution in [2.24, 2.45) is 0 Å². The van der Waals surface area contributed by atoms with Crippen LogP contribution in [0.4, 0.5) is 17.1 Å². The van der Waals surface area contributed by atoms with Gasteiger partial charge in [0.2, 0.25) is 0 Å². The second-order valence-electron chi connectivity index (χ2n) is 15.9. The van der Waals surface area contributed by atoms with Crippen LogP contribution in [-0.2, 0) is 5.41 Å². The van der Waals surface area contributed by atoms with Crippen LogP contribution in [0.5, 0.6) is 11.5 Å². The largest absolute Gasteiger partial charge is 0.457 e. The lowest BCUT2D eigenvalue weighted by atomic mass is 9.66. The molecule has 0 N–H and O–H groups in total. The first-order valence-corrected chi connectivity index (χ1v) is 20.6. The van der Waals surface area contributed by atoms with Crippen molar-refractivity contribution in [2.45, 2.75) is 5.41 Å². The van der Waals surface area contributed by atoms with Crippen LogP contribution in [0.3, 0.4) is 0 Å². The van der Waals surface area contributed by atoms with E-state index < -0.39 is 5.41 Å². The highest BCUT2D eigenvalue weighted by Crippen LogP contribution is 2.62. The van der Waals surface area contributed by atoms with Gasteiger partial charge in [0.05, 0.1) is 11.1 Å². The Morgan fingerprint density at radius 3 is 1.90 bits per heavy atom. The lowest BCUT2D eigenvalue weighted by Crippen LogP contribution is -2.32. The van der Waals surface area contributed by atoms with Crippen molar-refractivity contribution in [1.82, 2.24) is 4.98 Å². The molecular formula is C56H34N2O3. The van der Waals surface area contributed by atoms with Gasteiger partial charge in [-0.05, 0) is 99.1 Å². The van der Waals surface area contributed by atoms with Crippen molar-refractivity contribution in [3.05, 3.63) is 229 Å². The zero-order valence-corrected chi connectivity index (χ0v) is 32.7. The van der Waals surface area contributed by atoms with Crippen LogP contribution in [0, 0.1) is 0 Å². The van der Waals surface area contributed by atoms with Gasteiger partial charge in [-0.25, -0.2) is 4.98 Å². The Labute approximate surface area is 351 Å². The predicted octanol–water partition coefficient (Wildman–Crippen LogP) is 15.0. The number of hydrogen-bond acceptors (Lipinski definition) is 5. The van der Waals surface area contributed by atoms with Crippen LogP contribution < -0.4 is 9.64 Å². The summed E-state index contributed by atoms with van der Waals surface area (Å²) in [7, 11) is 0. The number of nitrogens with zero attached hydrogens (tertiary/aromatic N) is 2. The van der Waals surface area contributed by atoms with Crippen LogP contribution in [-0.4, -0.2) is 4.98 Å². The molecule has 11 aromatic rings. The Balaban J connectivity index is 1.08. The van der Waals surface area contributed by atoms with Crippen molar-refractivity contribution in [3.63, 3.8) is 0 Å². The van der Waals surface area contributed by atoms with Gasteiger partial charge in [0.15, 0.2) is 17.6 Å². The van der Waals surface area contributed by atoms with E-state index in [1.807, 2.05) is 18.2 Å². The minimum atomic E-state index is -0.566. The number of furan rings is 1. The van der Waals surface area contributed by atoms with Crippen LogP contribution >= 0.6 is 0 Å². The number of hydrogen-bond donors (Lipinski definition) is 0. The molecule has 2 aliphatic rings. The number of aromatic nitrogens is 1. The number of oxazole rings is 1. The molecule has 0 radical (unpaired) electrons. The van der Waals surface area contributed by atoms with Gasteiger partial charge >= 0.3 is 0 Å². The van der Waals surface area contributed by atoms with E-state index in [1.165, 1.54) is 28.6 Å². The molecule has 0 saturated heterocycles. The second-order valence-corrected chi connectivity index (χ2v) is 15.9. The molecule has 0 saturated carbocycles. The van der Waals surface area contributed by atoms with Gasteiger partial charge in [-0.2, -0.15) is 0 Å². The van der Waals surface area contributed by atoms with Gasteiger partial charge < -0.3 is 18.5 Å². The summed E-state index contributed by atoms with van der Waals surface area (Å²) in [6, 6.07) is 71.1. The summed E-state index contributed by atoms with van der Waals surface area (Å²) in [5, 5.41) is 2.07. The average molecular weight is 783 g/mol. The average Bonchev–Trinajstić information content (AvgIpc) is 4.03. The third kappa shape index (κ3) is 4.92. The summed E-state index contributed by atoms with van der Waals surface area (Å²) in [6.45, 7) is 0. The lowest BCUT2D eigenvalue weighted by molar-refractivity contribution is 0.436. The maximum atomic E-state index is 7.03. The van der Waals surface area contributed by atoms with E-state index in [2.05, 4.69) is 192 Å². The van der Waals surface area contributed by atoms with E-state index in [0.717, 1.165) is 95.0 Å². The molecule has 1 aliphatic carbocycles. The Morgan fingerprint density at radius 1 is 0.426 bits per heavy atom. The molecule has 5 heteroatoms. The second kappa shape index (κ2) is 12.9. The van der Waals surface area contributed by atoms with Gasteiger partial charge in [-0.1, -0.05) is 140 Å². The first-order valence-electron chi connectivity index (χ1n) is 20.6. The smallest absolute Gasteiger partial charge is 0.181 e. The zero-order valence-electron chi connectivity index (χ0n) is 32.7. The number of para-hydroxylation sites is 2. The summed E-state index contributed by atoms with van der Waals surface area (Å²) in [6.07, 6.45) is 1.50. The van der Waals surface area contributed by atoms with Crippen LogP contribution in [0.15, 0.2) is 215 Å². The quantitative estimate of drug-likeness (QED) is 0.174. The number of benzene rings is 9. The highest BCUT2D eigenvalue weighted by Gasteiger charge is 2.51. The maximum Gasteiger partial charge on any atom is 0.181 e. The van der Waals surface area contributed by atoms with Crippen molar-refractivity contribution in [1.29, 1.82) is 0 Å². The summed E-state index contributed by atoms with van der Waals surface area (Å²) in [4.78, 5) is 6.70. The molecule has 0 fully saturated rings. The predicted molar refractivity (Wildman–Crippen MR) is 244 cm³/mol. The highest BCUT2D eigenvalue weighted by atomic mass is 16.5. The number of fused-ring (bicyclic) bond motifs is 13. The Bertz CT molecular complexity index is 3480. The zero-order chi connectivity index (χ0) is 40.1. The van der Waals surface area contributed by atoms with E-state index in [1.54, 1.807) is 0 Å². The summed E-state index contributed by atoms with van der Waals surface area (Å²) < 4.78 is 19.7. The molecule has 9 aromatic carbocycles. The molecule has 2 aromatic heterocycles. The van der Waals surface area contributed by atoms with E-state index in [9.17, 15) is 0 Å². The lowest BCUT2D eigenvalue weighted by Gasteiger charge is -2.40. The first-order chi connectivity index (χ1) is 30.2. The molecule has 1 spiro atoms. The Kier molecular flexibility index (Phi) is 7.16. The monoisotopic (exact) mass is 782 g/mol. The molecule has 0 unspecified atom stereocenters. The third-order valence-electron chi connectivity index (χ3n) is 12.7. The molecule has 286 valence electrons. The van der Waals surface area contributed by atoms with Crippen LogP contribution in [0.1, 0.15) is 22.3 Å². The van der Waals surface area contributed by atoms with Gasteiger partial charge in [-0.3, -0.25) is 0 Å². The van der Waals surface area contributed by atoms with Crippen molar-refractivity contribution in [3.8, 4) is 44.9 Å². The van der Waals surface area contributed by atoms with Gasteiger partial charge in [0.1, 0.15) is 22.6 Å². The molecule has 0 atom stereocenters. The molecule has 0 amide bonds. The number of rotatable bonds is 5. The Hall–Kier alpha value is -8.15. The summed E-state index contributed by atoms with van der Waals surface area (Å²) in [5.74, 6) is 1.66. The summed E-state index contributed by atoms with van der Waals surface area (Å²) >= 11 is 0. The topological polar surface area (TPSA) is 51.6 Å². The summed E-state index contributed by atoms with van der Waals surface area (Å²) in [5.41, 5.74) is 17.0. The van der Waals surface area contributed by atoms with Gasteiger partial charge in [0, 0.05) is 39.3 Å². The minimum Gasteiger partial charge on any atom is -0.457 e. The molecule has 13 rings (SSSR count). The molecule has 3 heterocycles. The normalized spacial score (nSPS) is 13.2. The molecule has 0 bridgehead atoms. The van der Waals surface area contributed by atoms with Crippen molar-refractivity contribution < 1.29 is 13.6 Å². The van der Waals surface area contributed by atoms with E-state index in [0.29, 0.717) is 0 Å². The molecule has 5 nitrogen and oxygen atoms in total. The molecule has 61 heavy (non-hydrogen) atoms. The SMILES string of the molecule is c1ccc(-c2ccc(N(c3ccc4c(c3)Oc3ccccc3C43c4ccccc4-c4ccccc43)c3cc(-c4ccc5ncoc5c4)cc4c3oc3ccccc34)cc2)cc1. The third-order valence-corrected chi connectivity index (χ3v) is 12.7. The van der Waals surface area contributed by atoms with Crippen LogP contribution in [0.25, 0.3) is 66.4 Å². The van der Waals surface area contributed by atoms with E-state index in [-0.39, 0.29) is 0 Å². The standard InChI is InChI=1S/C56H34N2O3/c1-2-12-35(13-3-1)36-22-25-39(26-23-36)58(50-31-38(37-24-29-49-54(32-37)59-34-57-49)30-44-43-16-6-10-20-51(43)61-55(44)50)40-27-28-48-53(33-40)60-52-21-11-9-19-47(52)56(48)45-17-7-4-14-41(45)42-15-5-8-18-46(42)56/h1-34H. The first kappa shape index (κ1) is 33.8. The number of ether oxygens (including phenoxy) is 1. The number of anilines is 3. The van der Waals surface area contributed by atoms with Crippen molar-refractivity contribution in [2.75, 3.05) is 4.90 Å². The fourth-order valence-corrected chi connectivity index (χ4v) is 10.0. The van der Waals surface area contributed by atoms with Gasteiger partial charge in [0.25, 0.3) is 0 Å².